The van der Waals surface area contributed by atoms with E-state index in [9.17, 15) is 19.5 Å². The quantitative estimate of drug-likeness (QED) is 0.413. The lowest BCUT2D eigenvalue weighted by Gasteiger charge is -2.21. The Bertz CT molecular complexity index is 1100. The fourth-order valence-electron chi connectivity index (χ4n) is 4.38. The SMILES string of the molecule is O=C(O)[C@H](Cc1ccc(OCc2c(Cl)cccc2Cl)cc1)NC(=O)[C@@H]1OCO[C@H]1C(=O)NC1CCCC1. The molecule has 1 aliphatic carbocycles. The molecule has 2 aliphatic rings. The number of amides is 2. The van der Waals surface area contributed by atoms with E-state index in [0.29, 0.717) is 26.9 Å². The number of rotatable bonds is 10. The third-order valence-electron chi connectivity index (χ3n) is 6.41. The maximum Gasteiger partial charge on any atom is 0.326 e. The number of carbonyl (C=O) groups is 3. The predicted octanol–water partition coefficient (Wildman–Crippen LogP) is 3.48. The molecule has 1 saturated heterocycles. The zero-order valence-electron chi connectivity index (χ0n) is 20.0. The fraction of sp³-hybridized carbons (Fsp3) is 0.423. The van der Waals surface area contributed by atoms with E-state index in [4.69, 9.17) is 37.4 Å². The number of nitrogens with one attached hydrogen (secondary N) is 2. The van der Waals surface area contributed by atoms with Crippen molar-refractivity contribution in [1.29, 1.82) is 0 Å². The van der Waals surface area contributed by atoms with Crippen molar-refractivity contribution in [2.75, 3.05) is 6.79 Å². The lowest BCUT2D eigenvalue weighted by Crippen LogP contribution is -2.53. The molecule has 0 unspecified atom stereocenters. The molecule has 37 heavy (non-hydrogen) atoms. The molecule has 0 spiro atoms. The van der Waals surface area contributed by atoms with Gasteiger partial charge in [0.05, 0.1) is 0 Å². The second kappa shape index (κ2) is 12.6. The number of carboxylic acid groups (broad SMARTS) is 1. The minimum Gasteiger partial charge on any atom is -0.489 e. The lowest BCUT2D eigenvalue weighted by atomic mass is 10.0. The number of hydrogen-bond donors (Lipinski definition) is 3. The van der Waals surface area contributed by atoms with Crippen LogP contribution in [0.1, 0.15) is 36.8 Å². The Hall–Kier alpha value is -2.85. The molecule has 2 aromatic rings. The summed E-state index contributed by atoms with van der Waals surface area (Å²) in [4.78, 5) is 37.3. The average Bonchev–Trinajstić information content (AvgIpc) is 3.56. The van der Waals surface area contributed by atoms with Crippen LogP contribution in [-0.2, 0) is 36.9 Å². The molecule has 0 aromatic heterocycles. The molecule has 0 bridgehead atoms. The van der Waals surface area contributed by atoms with Crippen LogP contribution < -0.4 is 15.4 Å². The molecule has 1 aliphatic heterocycles. The van der Waals surface area contributed by atoms with Crippen LogP contribution in [0.5, 0.6) is 5.75 Å². The Morgan fingerprint density at radius 2 is 1.59 bits per heavy atom. The highest BCUT2D eigenvalue weighted by atomic mass is 35.5. The van der Waals surface area contributed by atoms with Gasteiger partial charge in [0.1, 0.15) is 25.2 Å². The van der Waals surface area contributed by atoms with Crippen LogP contribution in [-0.4, -0.2) is 54.0 Å². The van der Waals surface area contributed by atoms with Crippen molar-refractivity contribution in [2.45, 2.75) is 63.0 Å². The molecule has 1 saturated carbocycles. The van der Waals surface area contributed by atoms with Gasteiger partial charge in [0.2, 0.25) is 0 Å². The molecule has 198 valence electrons. The minimum atomic E-state index is -1.23. The number of carboxylic acids is 1. The predicted molar refractivity (Wildman–Crippen MR) is 136 cm³/mol. The summed E-state index contributed by atoms with van der Waals surface area (Å²) >= 11 is 12.3. The Balaban J connectivity index is 1.32. The number of halogens is 2. The topological polar surface area (TPSA) is 123 Å². The minimum absolute atomic E-state index is 0.0181. The summed E-state index contributed by atoms with van der Waals surface area (Å²) in [6, 6.07) is 10.8. The summed E-state index contributed by atoms with van der Waals surface area (Å²) in [5, 5.41) is 16.1. The first kappa shape index (κ1) is 27.2. The van der Waals surface area contributed by atoms with Crippen molar-refractivity contribution in [2.24, 2.45) is 0 Å². The molecule has 11 heteroatoms. The van der Waals surface area contributed by atoms with Gasteiger partial charge < -0.3 is 30.0 Å². The molecular weight excluding hydrogens is 523 g/mol. The molecular formula is C26H28Cl2N2O7. The number of carbonyl (C=O) groups excluding carboxylic acids is 2. The van der Waals surface area contributed by atoms with E-state index >= 15 is 0 Å². The third-order valence-corrected chi connectivity index (χ3v) is 7.12. The molecule has 4 rings (SSSR count). The highest BCUT2D eigenvalue weighted by Crippen LogP contribution is 2.26. The smallest absolute Gasteiger partial charge is 0.326 e. The van der Waals surface area contributed by atoms with Gasteiger partial charge in [-0.25, -0.2) is 4.79 Å². The largest absolute Gasteiger partial charge is 0.489 e. The zero-order valence-corrected chi connectivity index (χ0v) is 21.5. The molecule has 1 heterocycles. The lowest BCUT2D eigenvalue weighted by molar-refractivity contribution is -0.144. The van der Waals surface area contributed by atoms with Crippen molar-refractivity contribution in [3.05, 3.63) is 63.6 Å². The molecule has 2 aromatic carbocycles. The van der Waals surface area contributed by atoms with Crippen molar-refractivity contribution in [3.8, 4) is 5.75 Å². The maximum atomic E-state index is 12.8. The third kappa shape index (κ3) is 7.13. The van der Waals surface area contributed by atoms with Gasteiger partial charge in [0.15, 0.2) is 12.2 Å². The van der Waals surface area contributed by atoms with E-state index in [1.54, 1.807) is 42.5 Å². The summed E-state index contributed by atoms with van der Waals surface area (Å²) in [6.07, 6.45) is 1.52. The van der Waals surface area contributed by atoms with E-state index in [-0.39, 0.29) is 25.9 Å². The Morgan fingerprint density at radius 1 is 0.973 bits per heavy atom. The number of hydrogen-bond acceptors (Lipinski definition) is 6. The summed E-state index contributed by atoms with van der Waals surface area (Å²) in [6.45, 7) is -0.0515. The van der Waals surface area contributed by atoms with Crippen LogP contribution in [0.3, 0.4) is 0 Å². The maximum absolute atomic E-state index is 12.8. The first-order valence-electron chi connectivity index (χ1n) is 12.0. The second-order valence-corrected chi connectivity index (χ2v) is 9.83. The van der Waals surface area contributed by atoms with E-state index in [0.717, 1.165) is 25.7 Å². The van der Waals surface area contributed by atoms with Crippen molar-refractivity contribution >= 4 is 41.0 Å². The summed E-state index contributed by atoms with van der Waals surface area (Å²) < 4.78 is 16.4. The van der Waals surface area contributed by atoms with Gasteiger partial charge in [-0.3, -0.25) is 9.59 Å². The van der Waals surface area contributed by atoms with E-state index in [2.05, 4.69) is 10.6 Å². The van der Waals surface area contributed by atoms with Crippen LogP contribution in [0.2, 0.25) is 10.0 Å². The highest BCUT2D eigenvalue weighted by molar-refractivity contribution is 6.35. The van der Waals surface area contributed by atoms with Crippen molar-refractivity contribution in [3.63, 3.8) is 0 Å². The monoisotopic (exact) mass is 550 g/mol. The second-order valence-electron chi connectivity index (χ2n) is 9.02. The van der Waals surface area contributed by atoms with Gasteiger partial charge in [-0.05, 0) is 42.7 Å². The summed E-state index contributed by atoms with van der Waals surface area (Å²) in [5.74, 6) is -1.81. The van der Waals surface area contributed by atoms with Gasteiger partial charge in [-0.1, -0.05) is 54.2 Å². The van der Waals surface area contributed by atoms with Crippen molar-refractivity contribution < 1.29 is 33.7 Å². The number of ether oxygens (including phenoxy) is 3. The Kier molecular flexibility index (Phi) is 9.26. The normalized spacial score (nSPS) is 20.4. The molecule has 2 fully saturated rings. The standard InChI is InChI=1S/C26H28Cl2N2O7/c27-19-6-3-7-20(28)18(19)13-35-17-10-8-15(9-11-17)12-21(26(33)34)30-25(32)23-22(36-14-37-23)24(31)29-16-4-1-2-5-16/h3,6-11,16,21-23H,1-2,4-5,12-14H2,(H,29,31)(H,30,32)(H,33,34)/t21-,22+,23+/m0/s1. The van der Waals surface area contributed by atoms with Gasteiger partial charge in [0.25, 0.3) is 11.8 Å². The van der Waals surface area contributed by atoms with Gasteiger partial charge in [-0.2, -0.15) is 0 Å². The highest BCUT2D eigenvalue weighted by Gasteiger charge is 2.42. The number of aliphatic carboxylic acids is 1. The summed E-state index contributed by atoms with van der Waals surface area (Å²) in [5.41, 5.74) is 1.33. The molecule has 3 N–H and O–H groups in total. The van der Waals surface area contributed by atoms with Gasteiger partial charge >= 0.3 is 5.97 Å². The molecule has 0 radical (unpaired) electrons. The first-order chi connectivity index (χ1) is 17.8. The van der Waals surface area contributed by atoms with E-state index in [1.165, 1.54) is 0 Å². The van der Waals surface area contributed by atoms with Crippen LogP contribution in [0.25, 0.3) is 0 Å². The average molecular weight is 551 g/mol. The Labute approximate surface area is 224 Å². The fourth-order valence-corrected chi connectivity index (χ4v) is 4.88. The van der Waals surface area contributed by atoms with E-state index < -0.39 is 36.0 Å². The van der Waals surface area contributed by atoms with Gasteiger partial charge in [-0.15, -0.1) is 0 Å². The van der Waals surface area contributed by atoms with Crippen LogP contribution in [0, 0.1) is 0 Å². The van der Waals surface area contributed by atoms with Crippen molar-refractivity contribution in [1.82, 2.24) is 10.6 Å². The summed E-state index contributed by atoms with van der Waals surface area (Å²) in [7, 11) is 0. The van der Waals surface area contributed by atoms with Crippen LogP contribution >= 0.6 is 23.2 Å². The zero-order chi connectivity index (χ0) is 26.4. The molecule has 3 atom stereocenters. The first-order valence-corrected chi connectivity index (χ1v) is 12.8. The van der Waals surface area contributed by atoms with Crippen LogP contribution in [0.4, 0.5) is 0 Å². The number of benzene rings is 2. The van der Waals surface area contributed by atoms with Crippen LogP contribution in [0.15, 0.2) is 42.5 Å². The molecule has 2 amide bonds. The molecule has 9 nitrogen and oxygen atoms in total. The van der Waals surface area contributed by atoms with Gasteiger partial charge in [0, 0.05) is 28.1 Å². The Morgan fingerprint density at radius 3 is 2.22 bits per heavy atom. The van der Waals surface area contributed by atoms with E-state index in [1.807, 2.05) is 0 Å².